The van der Waals surface area contributed by atoms with Crippen molar-refractivity contribution in [3.8, 4) is 11.3 Å². The van der Waals surface area contributed by atoms with Gasteiger partial charge in [0.05, 0.1) is 10.3 Å². The second kappa shape index (κ2) is 8.99. The van der Waals surface area contributed by atoms with Crippen LogP contribution in [-0.2, 0) is 9.53 Å². The Labute approximate surface area is 186 Å². The molecule has 1 N–H and O–H groups in total. The second-order valence-electron chi connectivity index (χ2n) is 6.86. The molecule has 2 aromatic carbocycles. The molecule has 7 nitrogen and oxygen atoms in total. The van der Waals surface area contributed by atoms with Gasteiger partial charge in [0.2, 0.25) is 0 Å². The van der Waals surface area contributed by atoms with Crippen LogP contribution in [0.5, 0.6) is 0 Å². The van der Waals surface area contributed by atoms with Gasteiger partial charge >= 0.3 is 5.97 Å². The molecule has 0 aliphatic carbocycles. The summed E-state index contributed by atoms with van der Waals surface area (Å²) in [5.41, 5.74) is 0.926. The monoisotopic (exact) mass is 447 g/mol. The Hall–Kier alpha value is -4.04. The van der Waals surface area contributed by atoms with Gasteiger partial charge in [-0.05, 0) is 30.5 Å². The summed E-state index contributed by atoms with van der Waals surface area (Å²) in [7, 11) is 0. The number of ether oxygens (including phenoxy) is 1. The summed E-state index contributed by atoms with van der Waals surface area (Å²) in [5.74, 6) is -1.83. The van der Waals surface area contributed by atoms with Crippen molar-refractivity contribution >= 4 is 40.1 Å². The zero-order valence-corrected chi connectivity index (χ0v) is 17.7. The summed E-state index contributed by atoms with van der Waals surface area (Å²) in [6, 6.07) is 16.9. The number of hydrogen-bond donors (Lipinski definition) is 1. The lowest BCUT2D eigenvalue weighted by atomic mass is 10.0. The first-order valence-corrected chi connectivity index (χ1v) is 10.5. The lowest BCUT2D eigenvalue weighted by molar-refractivity contribution is -0.123. The van der Waals surface area contributed by atoms with Crippen LogP contribution in [0.1, 0.15) is 25.6 Å². The molecular weight excluding hydrogens is 430 g/mol. The molecule has 160 valence electrons. The van der Waals surface area contributed by atoms with Gasteiger partial charge < -0.3 is 9.15 Å². The molecule has 2 amide bonds. The normalized spacial score (nSPS) is 10.7. The number of hydrogen-bond acceptors (Lipinski definition) is 7. The first-order chi connectivity index (χ1) is 15.5. The topological polar surface area (TPSA) is 103 Å². The van der Waals surface area contributed by atoms with Gasteiger partial charge in [0.1, 0.15) is 11.3 Å². The maximum Gasteiger partial charge on any atom is 0.342 e. The fraction of sp³-hybridized carbons (Fsp3) is 0.0833. The van der Waals surface area contributed by atoms with Gasteiger partial charge in [-0.15, -0.1) is 11.3 Å². The van der Waals surface area contributed by atoms with E-state index in [4.69, 9.17) is 9.15 Å². The van der Waals surface area contributed by atoms with Gasteiger partial charge in [-0.1, -0.05) is 42.5 Å². The summed E-state index contributed by atoms with van der Waals surface area (Å²) < 4.78 is 11.0. The lowest BCUT2D eigenvalue weighted by Gasteiger charge is -2.10. The van der Waals surface area contributed by atoms with Crippen LogP contribution in [0.15, 0.2) is 75.3 Å². The van der Waals surface area contributed by atoms with Crippen LogP contribution in [0, 0.1) is 6.92 Å². The lowest BCUT2D eigenvalue weighted by Crippen LogP contribution is -2.33. The van der Waals surface area contributed by atoms with E-state index in [1.807, 2.05) is 18.2 Å². The number of thiophene rings is 1. The van der Waals surface area contributed by atoms with Crippen LogP contribution in [0.25, 0.3) is 22.3 Å². The van der Waals surface area contributed by atoms with Crippen molar-refractivity contribution in [1.82, 2.24) is 5.32 Å². The summed E-state index contributed by atoms with van der Waals surface area (Å²) in [6.07, 6.45) is 0. The molecule has 0 fully saturated rings. The van der Waals surface area contributed by atoms with E-state index in [0.29, 0.717) is 21.8 Å². The maximum absolute atomic E-state index is 12.9. The zero-order chi connectivity index (χ0) is 22.7. The van der Waals surface area contributed by atoms with Crippen LogP contribution < -0.4 is 10.7 Å². The SMILES string of the molecule is Cc1c(-c2ccccc2)oc2c(C(=O)OCC(=O)NC(=O)c3cccs3)cccc2c1=O. The van der Waals surface area contributed by atoms with Crippen LogP contribution >= 0.6 is 11.3 Å². The number of carbonyl (C=O) groups is 3. The fourth-order valence-electron chi connectivity index (χ4n) is 3.18. The molecule has 0 aliphatic heterocycles. The number of carbonyl (C=O) groups excluding carboxylic acids is 3. The highest BCUT2D eigenvalue weighted by Gasteiger charge is 2.20. The van der Waals surface area contributed by atoms with Crippen molar-refractivity contribution in [3.05, 3.63) is 92.3 Å². The van der Waals surface area contributed by atoms with E-state index < -0.39 is 24.4 Å². The minimum atomic E-state index is -0.847. The largest absolute Gasteiger partial charge is 0.455 e. The summed E-state index contributed by atoms with van der Waals surface area (Å²) >= 11 is 1.18. The van der Waals surface area contributed by atoms with Crippen molar-refractivity contribution in [1.29, 1.82) is 0 Å². The molecule has 8 heteroatoms. The Morgan fingerprint density at radius 3 is 2.50 bits per heavy atom. The minimum absolute atomic E-state index is 0.00849. The van der Waals surface area contributed by atoms with Crippen molar-refractivity contribution in [2.45, 2.75) is 6.92 Å². The van der Waals surface area contributed by atoms with Crippen LogP contribution in [0.2, 0.25) is 0 Å². The Morgan fingerprint density at radius 2 is 1.78 bits per heavy atom. The van der Waals surface area contributed by atoms with E-state index in [0.717, 1.165) is 0 Å². The third kappa shape index (κ3) is 4.21. The first kappa shape index (κ1) is 21.2. The third-order valence-corrected chi connectivity index (χ3v) is 5.60. The third-order valence-electron chi connectivity index (χ3n) is 4.73. The van der Waals surface area contributed by atoms with E-state index in [-0.39, 0.29) is 22.0 Å². The predicted octanol–water partition coefficient (Wildman–Crippen LogP) is 3.94. The number of imide groups is 1. The van der Waals surface area contributed by atoms with Gasteiger partial charge in [-0.2, -0.15) is 0 Å². The molecule has 0 aliphatic rings. The van der Waals surface area contributed by atoms with Crippen LogP contribution in [0.4, 0.5) is 0 Å². The number of esters is 1. The number of nitrogens with one attached hydrogen (secondary N) is 1. The Balaban J connectivity index is 1.59. The molecule has 0 radical (unpaired) electrons. The number of fused-ring (bicyclic) bond motifs is 1. The molecule has 0 spiro atoms. The predicted molar refractivity (Wildman–Crippen MR) is 120 cm³/mol. The number of amides is 2. The molecule has 2 heterocycles. The van der Waals surface area contributed by atoms with E-state index in [1.54, 1.807) is 42.6 Å². The van der Waals surface area contributed by atoms with E-state index in [9.17, 15) is 19.2 Å². The molecule has 2 aromatic heterocycles. The molecule has 0 saturated carbocycles. The molecule has 0 saturated heterocycles. The number of benzene rings is 2. The standard InChI is InChI=1S/C24H17NO6S/c1-14-20(27)16-9-5-10-17(22(16)31-21(14)15-7-3-2-4-8-15)24(29)30-13-19(26)25-23(28)18-11-6-12-32-18/h2-12H,13H2,1H3,(H,25,26,28). The fourth-order valence-corrected chi connectivity index (χ4v) is 3.80. The maximum atomic E-state index is 12.9. The van der Waals surface area contributed by atoms with Crippen LogP contribution in [-0.4, -0.2) is 24.4 Å². The van der Waals surface area contributed by atoms with E-state index in [2.05, 4.69) is 5.32 Å². The summed E-state index contributed by atoms with van der Waals surface area (Å²) in [4.78, 5) is 49.9. The van der Waals surface area contributed by atoms with Gasteiger partial charge in [-0.25, -0.2) is 4.79 Å². The zero-order valence-electron chi connectivity index (χ0n) is 16.9. The van der Waals surface area contributed by atoms with Gasteiger partial charge in [0, 0.05) is 11.1 Å². The first-order valence-electron chi connectivity index (χ1n) is 9.62. The average Bonchev–Trinajstić information content (AvgIpc) is 3.35. The molecule has 0 atom stereocenters. The van der Waals surface area contributed by atoms with Crippen molar-refractivity contribution in [2.75, 3.05) is 6.61 Å². The minimum Gasteiger partial charge on any atom is -0.455 e. The van der Waals surface area contributed by atoms with Crippen molar-refractivity contribution in [3.63, 3.8) is 0 Å². The van der Waals surface area contributed by atoms with Gasteiger partial charge in [0.15, 0.2) is 17.6 Å². The molecule has 4 aromatic rings. The molecule has 0 bridgehead atoms. The number of rotatable bonds is 5. The quantitative estimate of drug-likeness (QED) is 0.465. The summed E-state index contributed by atoms with van der Waals surface area (Å²) in [5, 5.41) is 4.09. The van der Waals surface area contributed by atoms with Crippen LogP contribution in [0.3, 0.4) is 0 Å². The highest BCUT2D eigenvalue weighted by Crippen LogP contribution is 2.27. The Morgan fingerprint density at radius 1 is 1.00 bits per heavy atom. The van der Waals surface area contributed by atoms with Crippen molar-refractivity contribution < 1.29 is 23.5 Å². The smallest absolute Gasteiger partial charge is 0.342 e. The molecule has 4 rings (SSSR count). The second-order valence-corrected chi connectivity index (χ2v) is 7.81. The average molecular weight is 447 g/mol. The Kier molecular flexibility index (Phi) is 5.96. The highest BCUT2D eigenvalue weighted by atomic mass is 32.1. The highest BCUT2D eigenvalue weighted by molar-refractivity contribution is 7.12. The Bertz CT molecular complexity index is 1370. The van der Waals surface area contributed by atoms with E-state index >= 15 is 0 Å². The van der Waals surface area contributed by atoms with Gasteiger partial charge in [-0.3, -0.25) is 19.7 Å². The molecule has 0 unspecified atom stereocenters. The molecule has 32 heavy (non-hydrogen) atoms. The van der Waals surface area contributed by atoms with Crippen molar-refractivity contribution in [2.24, 2.45) is 0 Å². The number of para-hydroxylation sites is 1. The summed E-state index contributed by atoms with van der Waals surface area (Å²) in [6.45, 7) is 1.00. The van der Waals surface area contributed by atoms with Gasteiger partial charge in [0.25, 0.3) is 11.8 Å². The molecular formula is C24H17NO6S. The van der Waals surface area contributed by atoms with E-state index in [1.165, 1.54) is 23.5 Å².